The summed E-state index contributed by atoms with van der Waals surface area (Å²) in [6.45, 7) is 7.65. The van der Waals surface area contributed by atoms with Crippen molar-refractivity contribution in [1.82, 2.24) is 0 Å². The lowest BCUT2D eigenvalue weighted by atomic mass is 9.89. The first-order valence-corrected chi connectivity index (χ1v) is 5.48. The number of nitrogens with one attached hydrogen (secondary N) is 1. The average Bonchev–Trinajstić information content (AvgIpc) is 2.23. The third-order valence-electron chi connectivity index (χ3n) is 2.90. The second-order valence-electron chi connectivity index (χ2n) is 4.71. The maximum atomic E-state index is 11.9. The van der Waals surface area contributed by atoms with Crippen molar-refractivity contribution >= 4 is 11.6 Å². The van der Waals surface area contributed by atoms with E-state index in [1.54, 1.807) is 18.2 Å². The molecule has 0 saturated carbocycles. The van der Waals surface area contributed by atoms with E-state index in [0.717, 1.165) is 12.0 Å². The van der Waals surface area contributed by atoms with E-state index in [-0.39, 0.29) is 11.7 Å². The van der Waals surface area contributed by atoms with Gasteiger partial charge in [0, 0.05) is 5.41 Å². The molecule has 3 nitrogen and oxygen atoms in total. The molecule has 0 spiro atoms. The topological polar surface area (TPSA) is 49.3 Å². The van der Waals surface area contributed by atoms with Crippen LogP contribution in [0.1, 0.15) is 32.8 Å². The summed E-state index contributed by atoms with van der Waals surface area (Å²) in [6.07, 6.45) is 0.755. The third kappa shape index (κ3) is 2.75. The quantitative estimate of drug-likeness (QED) is 0.771. The van der Waals surface area contributed by atoms with Gasteiger partial charge in [0.2, 0.25) is 5.91 Å². The molecule has 0 radical (unpaired) electrons. The van der Waals surface area contributed by atoms with Crippen LogP contribution < -0.4 is 5.32 Å². The normalized spacial score (nSPS) is 11.2. The monoisotopic (exact) mass is 221 g/mol. The lowest BCUT2D eigenvalue weighted by Gasteiger charge is -2.21. The van der Waals surface area contributed by atoms with Gasteiger partial charge in [-0.2, -0.15) is 0 Å². The molecule has 1 rings (SSSR count). The highest BCUT2D eigenvalue weighted by Crippen LogP contribution is 2.27. The summed E-state index contributed by atoms with van der Waals surface area (Å²) in [7, 11) is 0. The second-order valence-corrected chi connectivity index (χ2v) is 4.71. The Balaban J connectivity index is 2.89. The minimum atomic E-state index is -0.420. The van der Waals surface area contributed by atoms with Gasteiger partial charge < -0.3 is 10.4 Å². The summed E-state index contributed by atoms with van der Waals surface area (Å²) in [5.41, 5.74) is 1.06. The number of phenols is 1. The number of rotatable bonds is 3. The number of hydrogen-bond donors (Lipinski definition) is 2. The molecule has 0 aliphatic heterocycles. The van der Waals surface area contributed by atoms with Gasteiger partial charge in [-0.25, -0.2) is 0 Å². The van der Waals surface area contributed by atoms with Crippen LogP contribution in [-0.2, 0) is 4.79 Å². The van der Waals surface area contributed by atoms with Gasteiger partial charge in [-0.05, 0) is 31.0 Å². The van der Waals surface area contributed by atoms with Crippen molar-refractivity contribution in [2.45, 2.75) is 34.1 Å². The molecule has 0 bridgehead atoms. The first kappa shape index (κ1) is 12.6. The predicted octanol–water partition coefficient (Wildman–Crippen LogP) is 3.08. The highest BCUT2D eigenvalue weighted by Gasteiger charge is 2.25. The van der Waals surface area contributed by atoms with Crippen LogP contribution in [0.3, 0.4) is 0 Å². The molecule has 0 aliphatic carbocycles. The molecule has 3 heteroatoms. The molecule has 1 aromatic carbocycles. The molecule has 88 valence electrons. The van der Waals surface area contributed by atoms with Gasteiger partial charge in [-0.3, -0.25) is 4.79 Å². The second kappa shape index (κ2) is 4.56. The summed E-state index contributed by atoms with van der Waals surface area (Å²) in [6, 6.07) is 5.15. The molecule has 0 fully saturated rings. The third-order valence-corrected chi connectivity index (χ3v) is 2.90. The molecule has 1 amide bonds. The summed E-state index contributed by atoms with van der Waals surface area (Å²) >= 11 is 0. The van der Waals surface area contributed by atoms with Gasteiger partial charge in [0.1, 0.15) is 5.75 Å². The van der Waals surface area contributed by atoms with Gasteiger partial charge in [-0.15, -0.1) is 0 Å². The van der Waals surface area contributed by atoms with Gasteiger partial charge in [0.25, 0.3) is 0 Å². The smallest absolute Gasteiger partial charge is 0.230 e. The molecule has 16 heavy (non-hydrogen) atoms. The van der Waals surface area contributed by atoms with Crippen LogP contribution in [0, 0.1) is 12.3 Å². The zero-order chi connectivity index (χ0) is 12.3. The van der Waals surface area contributed by atoms with Gasteiger partial charge in [-0.1, -0.05) is 26.8 Å². The molecule has 1 aromatic rings. The Morgan fingerprint density at radius 1 is 1.44 bits per heavy atom. The van der Waals surface area contributed by atoms with Crippen molar-refractivity contribution in [1.29, 1.82) is 0 Å². The molecular weight excluding hydrogens is 202 g/mol. The van der Waals surface area contributed by atoms with E-state index in [2.05, 4.69) is 5.32 Å². The number of phenolic OH excluding ortho intramolecular Hbond substituents is 1. The Morgan fingerprint density at radius 3 is 2.62 bits per heavy atom. The van der Waals surface area contributed by atoms with Crippen molar-refractivity contribution in [3.05, 3.63) is 23.8 Å². The summed E-state index contributed by atoms with van der Waals surface area (Å²) in [4.78, 5) is 11.9. The van der Waals surface area contributed by atoms with Crippen molar-refractivity contribution < 1.29 is 9.90 Å². The van der Waals surface area contributed by atoms with Crippen LogP contribution in [0.15, 0.2) is 18.2 Å². The number of hydrogen-bond acceptors (Lipinski definition) is 2. The number of aromatic hydroxyl groups is 1. The van der Waals surface area contributed by atoms with E-state index in [0.29, 0.717) is 5.69 Å². The van der Waals surface area contributed by atoms with Crippen molar-refractivity contribution in [2.24, 2.45) is 5.41 Å². The zero-order valence-electron chi connectivity index (χ0n) is 10.3. The van der Waals surface area contributed by atoms with Crippen molar-refractivity contribution in [3.8, 4) is 5.75 Å². The first-order valence-electron chi connectivity index (χ1n) is 5.48. The van der Waals surface area contributed by atoms with E-state index in [4.69, 9.17) is 0 Å². The SMILES string of the molecule is CCC(C)(C)C(=O)Nc1cc(C)ccc1O. The maximum Gasteiger partial charge on any atom is 0.230 e. The fourth-order valence-corrected chi connectivity index (χ4v) is 1.20. The Hall–Kier alpha value is -1.51. The minimum Gasteiger partial charge on any atom is -0.506 e. The Morgan fingerprint density at radius 2 is 2.06 bits per heavy atom. The fourth-order valence-electron chi connectivity index (χ4n) is 1.20. The number of anilines is 1. The van der Waals surface area contributed by atoms with E-state index >= 15 is 0 Å². The Bertz CT molecular complexity index is 397. The molecule has 0 aliphatic rings. The van der Waals surface area contributed by atoms with Gasteiger partial charge in [0.15, 0.2) is 0 Å². The van der Waals surface area contributed by atoms with E-state index in [1.165, 1.54) is 0 Å². The van der Waals surface area contributed by atoms with Crippen LogP contribution in [0.5, 0.6) is 5.75 Å². The van der Waals surface area contributed by atoms with E-state index in [1.807, 2.05) is 27.7 Å². The highest BCUT2D eigenvalue weighted by atomic mass is 16.3. The number of carbonyl (C=O) groups is 1. The van der Waals surface area contributed by atoms with E-state index < -0.39 is 5.41 Å². The summed E-state index contributed by atoms with van der Waals surface area (Å²) in [5, 5.41) is 12.4. The average molecular weight is 221 g/mol. The number of aryl methyl sites for hydroxylation is 1. The highest BCUT2D eigenvalue weighted by molar-refractivity contribution is 5.96. The number of benzene rings is 1. The summed E-state index contributed by atoms with van der Waals surface area (Å²) < 4.78 is 0. The Kier molecular flexibility index (Phi) is 3.58. The molecule has 0 unspecified atom stereocenters. The predicted molar refractivity (Wildman–Crippen MR) is 65.5 cm³/mol. The number of amides is 1. The van der Waals surface area contributed by atoms with Crippen LogP contribution in [0.4, 0.5) is 5.69 Å². The molecule has 0 saturated heterocycles. The van der Waals surface area contributed by atoms with Gasteiger partial charge >= 0.3 is 0 Å². The molecule has 0 heterocycles. The molecular formula is C13H19NO2. The number of carbonyl (C=O) groups excluding carboxylic acids is 1. The molecule has 2 N–H and O–H groups in total. The Labute approximate surface area is 96.5 Å². The largest absolute Gasteiger partial charge is 0.506 e. The van der Waals surface area contributed by atoms with Crippen LogP contribution in [0.2, 0.25) is 0 Å². The first-order chi connectivity index (χ1) is 7.36. The molecule has 0 atom stereocenters. The van der Waals surface area contributed by atoms with Crippen LogP contribution in [-0.4, -0.2) is 11.0 Å². The maximum absolute atomic E-state index is 11.9. The van der Waals surface area contributed by atoms with Gasteiger partial charge in [0.05, 0.1) is 5.69 Å². The van der Waals surface area contributed by atoms with E-state index in [9.17, 15) is 9.90 Å². The fraction of sp³-hybridized carbons (Fsp3) is 0.462. The standard InChI is InChI=1S/C13H19NO2/c1-5-13(3,4)12(16)14-10-8-9(2)6-7-11(10)15/h6-8,15H,5H2,1-4H3,(H,14,16). The minimum absolute atomic E-state index is 0.0732. The lowest BCUT2D eigenvalue weighted by Crippen LogP contribution is -2.30. The van der Waals surface area contributed by atoms with Crippen LogP contribution >= 0.6 is 0 Å². The zero-order valence-corrected chi connectivity index (χ0v) is 10.3. The van der Waals surface area contributed by atoms with Crippen molar-refractivity contribution in [3.63, 3.8) is 0 Å². The molecule has 0 aromatic heterocycles. The van der Waals surface area contributed by atoms with Crippen molar-refractivity contribution in [2.75, 3.05) is 5.32 Å². The lowest BCUT2D eigenvalue weighted by molar-refractivity contribution is -0.124. The summed E-state index contributed by atoms with van der Waals surface area (Å²) in [5.74, 6) is 0.0294. The van der Waals surface area contributed by atoms with Crippen LogP contribution in [0.25, 0.3) is 0 Å².